The Kier molecular flexibility index (Phi) is 5.96. The molecule has 0 radical (unpaired) electrons. The predicted octanol–water partition coefficient (Wildman–Crippen LogP) is 3.22. The zero-order valence-electron chi connectivity index (χ0n) is 14.7. The second-order valence-electron chi connectivity index (χ2n) is 6.57. The van der Waals surface area contributed by atoms with Gasteiger partial charge in [-0.05, 0) is 42.7 Å². The average Bonchev–Trinajstić information content (AvgIpc) is 2.82. The Morgan fingerprint density at radius 3 is 2.68 bits per heavy atom. The third kappa shape index (κ3) is 5.00. The number of hydrogen-bond acceptors (Lipinski definition) is 3. The molecule has 2 heterocycles. The summed E-state index contributed by atoms with van der Waals surface area (Å²) in [5, 5.41) is 0. The van der Waals surface area contributed by atoms with E-state index in [1.165, 1.54) is 5.56 Å². The molecule has 1 aromatic heterocycles. The van der Waals surface area contributed by atoms with Crippen LogP contribution in [0.1, 0.15) is 24.5 Å². The van der Waals surface area contributed by atoms with E-state index in [4.69, 9.17) is 0 Å². The van der Waals surface area contributed by atoms with Crippen LogP contribution in [0.15, 0.2) is 60.9 Å². The molecule has 0 bridgehead atoms. The van der Waals surface area contributed by atoms with Gasteiger partial charge in [0.15, 0.2) is 0 Å². The fourth-order valence-electron chi connectivity index (χ4n) is 3.30. The van der Waals surface area contributed by atoms with E-state index >= 15 is 0 Å². The molecule has 25 heavy (non-hydrogen) atoms. The normalized spacial score (nSPS) is 19.1. The first-order valence-corrected chi connectivity index (χ1v) is 8.87. The van der Waals surface area contributed by atoms with Crippen molar-refractivity contribution in [3.05, 3.63) is 72.1 Å². The third-order valence-corrected chi connectivity index (χ3v) is 4.58. The molecule has 4 nitrogen and oxygen atoms in total. The van der Waals surface area contributed by atoms with E-state index in [1.807, 2.05) is 29.2 Å². The molecule has 0 N–H and O–H groups in total. The van der Waals surface area contributed by atoms with Crippen molar-refractivity contribution in [1.29, 1.82) is 0 Å². The molecular weight excluding hydrogens is 310 g/mol. The first-order chi connectivity index (χ1) is 12.2. The zero-order chi connectivity index (χ0) is 17.5. The van der Waals surface area contributed by atoms with Crippen molar-refractivity contribution < 1.29 is 4.79 Å². The van der Waals surface area contributed by atoms with E-state index in [-0.39, 0.29) is 11.9 Å². The number of hydrogen-bond donors (Lipinski definition) is 0. The Balaban J connectivity index is 1.60. The lowest BCUT2D eigenvalue weighted by atomic mass is 10.2. The lowest BCUT2D eigenvalue weighted by molar-refractivity contribution is -0.127. The maximum absolute atomic E-state index is 12.6. The summed E-state index contributed by atoms with van der Waals surface area (Å²) in [6.45, 7) is 5.83. The van der Waals surface area contributed by atoms with E-state index in [2.05, 4.69) is 41.1 Å². The fraction of sp³-hybridized carbons (Fsp3) is 0.333. The van der Waals surface area contributed by atoms with Crippen LogP contribution in [0.3, 0.4) is 0 Å². The SMILES string of the molecule is CC1CN(Cc2ccccc2)CCCN1C(=O)/C=C/c1ccncc1. The highest BCUT2D eigenvalue weighted by Gasteiger charge is 2.24. The Labute approximate surface area is 149 Å². The molecule has 1 fully saturated rings. The smallest absolute Gasteiger partial charge is 0.246 e. The molecule has 3 rings (SSSR count). The van der Waals surface area contributed by atoms with Crippen molar-refractivity contribution in [1.82, 2.24) is 14.8 Å². The van der Waals surface area contributed by atoms with Gasteiger partial charge in [0, 0.05) is 50.7 Å². The highest BCUT2D eigenvalue weighted by molar-refractivity contribution is 5.92. The van der Waals surface area contributed by atoms with Crippen LogP contribution in [0.2, 0.25) is 0 Å². The van der Waals surface area contributed by atoms with Crippen molar-refractivity contribution in [2.45, 2.75) is 25.9 Å². The number of nitrogens with zero attached hydrogens (tertiary/aromatic N) is 3. The molecule has 1 saturated heterocycles. The molecule has 1 atom stereocenters. The minimum Gasteiger partial charge on any atom is -0.335 e. The van der Waals surface area contributed by atoms with Gasteiger partial charge in [0.25, 0.3) is 0 Å². The summed E-state index contributed by atoms with van der Waals surface area (Å²) in [6, 6.07) is 14.5. The van der Waals surface area contributed by atoms with Crippen molar-refractivity contribution in [3.8, 4) is 0 Å². The number of rotatable bonds is 4. The van der Waals surface area contributed by atoms with E-state index in [9.17, 15) is 4.79 Å². The minimum atomic E-state index is 0.0888. The standard InChI is InChI=1S/C21H25N3O/c1-18-16-23(17-20-6-3-2-4-7-20)14-5-15-24(18)21(25)9-8-19-10-12-22-13-11-19/h2-4,6-13,18H,5,14-17H2,1H3/b9-8+. The third-order valence-electron chi connectivity index (χ3n) is 4.58. The highest BCUT2D eigenvalue weighted by Crippen LogP contribution is 2.14. The molecule has 2 aromatic rings. The Hall–Kier alpha value is -2.46. The zero-order valence-corrected chi connectivity index (χ0v) is 14.7. The molecule has 1 unspecified atom stereocenters. The summed E-state index contributed by atoms with van der Waals surface area (Å²) >= 11 is 0. The molecule has 0 aliphatic carbocycles. The van der Waals surface area contributed by atoms with Crippen molar-refractivity contribution in [2.24, 2.45) is 0 Å². The summed E-state index contributed by atoms with van der Waals surface area (Å²) in [5.41, 5.74) is 2.32. The Morgan fingerprint density at radius 2 is 1.92 bits per heavy atom. The summed E-state index contributed by atoms with van der Waals surface area (Å²) in [7, 11) is 0. The molecule has 1 aromatic carbocycles. The van der Waals surface area contributed by atoms with E-state index in [1.54, 1.807) is 18.5 Å². The van der Waals surface area contributed by atoms with Crippen LogP contribution in [-0.2, 0) is 11.3 Å². The minimum absolute atomic E-state index is 0.0888. The maximum Gasteiger partial charge on any atom is 0.246 e. The van der Waals surface area contributed by atoms with E-state index in [0.717, 1.165) is 38.2 Å². The summed E-state index contributed by atoms with van der Waals surface area (Å²) in [4.78, 5) is 21.0. The van der Waals surface area contributed by atoms with Crippen molar-refractivity contribution in [3.63, 3.8) is 0 Å². The maximum atomic E-state index is 12.6. The van der Waals surface area contributed by atoms with Gasteiger partial charge >= 0.3 is 0 Å². The van der Waals surface area contributed by atoms with E-state index in [0.29, 0.717) is 0 Å². The largest absolute Gasteiger partial charge is 0.335 e. The molecule has 0 spiro atoms. The lowest BCUT2D eigenvalue weighted by Crippen LogP contribution is -2.41. The van der Waals surface area contributed by atoms with Crippen LogP contribution < -0.4 is 0 Å². The number of carbonyl (C=O) groups is 1. The van der Waals surface area contributed by atoms with Gasteiger partial charge in [-0.2, -0.15) is 0 Å². The number of amides is 1. The fourth-order valence-corrected chi connectivity index (χ4v) is 3.30. The number of pyridine rings is 1. The monoisotopic (exact) mass is 335 g/mol. The molecule has 1 amide bonds. The summed E-state index contributed by atoms with van der Waals surface area (Å²) in [5.74, 6) is 0.0888. The van der Waals surface area contributed by atoms with Crippen LogP contribution in [0.25, 0.3) is 6.08 Å². The second-order valence-corrected chi connectivity index (χ2v) is 6.57. The number of aromatic nitrogens is 1. The van der Waals surface area contributed by atoms with Gasteiger partial charge in [-0.15, -0.1) is 0 Å². The molecule has 1 aliphatic rings. The van der Waals surface area contributed by atoms with Crippen molar-refractivity contribution >= 4 is 12.0 Å². The van der Waals surface area contributed by atoms with Crippen LogP contribution >= 0.6 is 0 Å². The topological polar surface area (TPSA) is 36.4 Å². The van der Waals surface area contributed by atoms with Crippen LogP contribution in [0, 0.1) is 0 Å². The summed E-state index contributed by atoms with van der Waals surface area (Å²) < 4.78 is 0. The van der Waals surface area contributed by atoms with Crippen LogP contribution in [0.4, 0.5) is 0 Å². The Morgan fingerprint density at radius 1 is 1.16 bits per heavy atom. The van der Waals surface area contributed by atoms with Gasteiger partial charge in [-0.1, -0.05) is 30.3 Å². The molecule has 4 heteroatoms. The molecule has 1 aliphatic heterocycles. The van der Waals surface area contributed by atoms with Gasteiger partial charge < -0.3 is 4.90 Å². The van der Waals surface area contributed by atoms with Crippen LogP contribution in [-0.4, -0.2) is 46.4 Å². The molecular formula is C21H25N3O. The first-order valence-electron chi connectivity index (χ1n) is 8.87. The molecule has 0 saturated carbocycles. The number of carbonyl (C=O) groups excluding carboxylic acids is 1. The predicted molar refractivity (Wildman–Crippen MR) is 101 cm³/mol. The van der Waals surface area contributed by atoms with Gasteiger partial charge in [0.2, 0.25) is 5.91 Å². The van der Waals surface area contributed by atoms with Crippen LogP contribution in [0.5, 0.6) is 0 Å². The Bertz CT molecular complexity index is 700. The number of benzene rings is 1. The van der Waals surface area contributed by atoms with Gasteiger partial charge in [-0.3, -0.25) is 14.7 Å². The van der Waals surface area contributed by atoms with E-state index < -0.39 is 0 Å². The lowest BCUT2D eigenvalue weighted by Gasteiger charge is -2.28. The van der Waals surface area contributed by atoms with Gasteiger partial charge in [0.1, 0.15) is 0 Å². The quantitative estimate of drug-likeness (QED) is 0.805. The summed E-state index contributed by atoms with van der Waals surface area (Å²) in [6.07, 6.45) is 8.02. The van der Waals surface area contributed by atoms with Gasteiger partial charge in [-0.25, -0.2) is 0 Å². The first kappa shape index (κ1) is 17.4. The molecule has 130 valence electrons. The second kappa shape index (κ2) is 8.58. The highest BCUT2D eigenvalue weighted by atomic mass is 16.2. The van der Waals surface area contributed by atoms with Gasteiger partial charge in [0.05, 0.1) is 0 Å². The average molecular weight is 335 g/mol. The van der Waals surface area contributed by atoms with Crippen molar-refractivity contribution in [2.75, 3.05) is 19.6 Å².